The van der Waals surface area contributed by atoms with Crippen LogP contribution in [0.25, 0.3) is 0 Å². The number of rotatable bonds is 5. The summed E-state index contributed by atoms with van der Waals surface area (Å²) >= 11 is 6.23. The average Bonchev–Trinajstić information content (AvgIpc) is 2.86. The number of hydrogen-bond donors (Lipinski definition) is 1. The molecule has 0 saturated heterocycles. The predicted molar refractivity (Wildman–Crippen MR) is 97.2 cm³/mol. The zero-order valence-corrected chi connectivity index (χ0v) is 14.5. The van der Waals surface area contributed by atoms with E-state index in [2.05, 4.69) is 5.32 Å². The number of benzene rings is 2. The van der Waals surface area contributed by atoms with Crippen LogP contribution in [0.3, 0.4) is 0 Å². The molecule has 0 atom stereocenters. The summed E-state index contributed by atoms with van der Waals surface area (Å²) in [7, 11) is 0. The molecule has 128 valence electrons. The van der Waals surface area contributed by atoms with Crippen LogP contribution in [0.15, 0.2) is 42.5 Å². The second kappa shape index (κ2) is 7.07. The number of carbonyl (C=O) groups is 3. The Morgan fingerprint density at radius 3 is 2.28 bits per heavy atom. The summed E-state index contributed by atoms with van der Waals surface area (Å²) in [6, 6.07) is 11.4. The van der Waals surface area contributed by atoms with Crippen molar-refractivity contribution >= 4 is 40.7 Å². The molecule has 1 aliphatic rings. The maximum absolute atomic E-state index is 12.5. The van der Waals surface area contributed by atoms with Crippen LogP contribution in [0.4, 0.5) is 11.4 Å². The highest BCUT2D eigenvalue weighted by molar-refractivity contribution is 6.36. The summed E-state index contributed by atoms with van der Waals surface area (Å²) in [5.41, 5.74) is 1.59. The molecule has 0 aliphatic carbocycles. The van der Waals surface area contributed by atoms with E-state index >= 15 is 0 Å². The van der Waals surface area contributed by atoms with E-state index in [-0.39, 0.29) is 22.7 Å². The van der Waals surface area contributed by atoms with Crippen LogP contribution in [0.5, 0.6) is 0 Å². The van der Waals surface area contributed by atoms with Crippen molar-refractivity contribution in [3.63, 3.8) is 0 Å². The number of carbonyl (C=O) groups excluding carboxylic acids is 3. The lowest BCUT2D eigenvalue weighted by molar-refractivity contribution is -0.116. The predicted octanol–water partition coefficient (Wildman–Crippen LogP) is 4.27. The van der Waals surface area contributed by atoms with E-state index < -0.39 is 0 Å². The fourth-order valence-corrected chi connectivity index (χ4v) is 2.94. The second-order valence-corrected chi connectivity index (χ2v) is 6.21. The van der Waals surface area contributed by atoms with Gasteiger partial charge in [-0.1, -0.05) is 37.1 Å². The molecule has 0 bridgehead atoms. The highest BCUT2D eigenvalue weighted by Crippen LogP contribution is 2.32. The standard InChI is InChI=1S/C19H17ClN2O3/c1-2-3-8-17(23)21-16-10-9-12(11-15(16)20)22-18(24)13-6-4-5-7-14(13)19(22)25/h4-7,9-11H,2-3,8H2,1H3,(H,21,23). The number of anilines is 2. The third-order valence-electron chi connectivity index (χ3n) is 4.04. The minimum absolute atomic E-state index is 0.114. The molecule has 0 spiro atoms. The molecular weight excluding hydrogens is 340 g/mol. The Morgan fingerprint density at radius 2 is 1.72 bits per heavy atom. The van der Waals surface area contributed by atoms with Crippen molar-refractivity contribution in [2.24, 2.45) is 0 Å². The van der Waals surface area contributed by atoms with Crippen LogP contribution in [-0.2, 0) is 4.79 Å². The molecule has 5 nitrogen and oxygen atoms in total. The van der Waals surface area contributed by atoms with E-state index in [9.17, 15) is 14.4 Å². The SMILES string of the molecule is CCCCC(=O)Nc1ccc(N2C(=O)c3ccccc3C2=O)cc1Cl. The van der Waals surface area contributed by atoms with Crippen molar-refractivity contribution in [3.05, 3.63) is 58.6 Å². The maximum atomic E-state index is 12.5. The first-order valence-electron chi connectivity index (χ1n) is 8.10. The molecule has 25 heavy (non-hydrogen) atoms. The highest BCUT2D eigenvalue weighted by Gasteiger charge is 2.36. The summed E-state index contributed by atoms with van der Waals surface area (Å²) < 4.78 is 0. The lowest BCUT2D eigenvalue weighted by Gasteiger charge is -2.16. The summed E-state index contributed by atoms with van der Waals surface area (Å²) in [6.07, 6.45) is 2.16. The number of amides is 3. The topological polar surface area (TPSA) is 66.5 Å². The summed E-state index contributed by atoms with van der Waals surface area (Å²) in [5.74, 6) is -0.870. The van der Waals surface area contributed by atoms with Gasteiger partial charge in [0.25, 0.3) is 11.8 Å². The first-order valence-corrected chi connectivity index (χ1v) is 8.48. The Morgan fingerprint density at radius 1 is 1.08 bits per heavy atom. The fourth-order valence-electron chi connectivity index (χ4n) is 2.72. The largest absolute Gasteiger partial charge is 0.325 e. The van der Waals surface area contributed by atoms with Gasteiger partial charge in [0.1, 0.15) is 0 Å². The Hall–Kier alpha value is -2.66. The number of nitrogens with one attached hydrogen (secondary N) is 1. The minimum Gasteiger partial charge on any atom is -0.325 e. The zero-order chi connectivity index (χ0) is 18.0. The van der Waals surface area contributed by atoms with Crippen molar-refractivity contribution in [2.75, 3.05) is 10.2 Å². The lowest BCUT2D eigenvalue weighted by Crippen LogP contribution is -2.29. The molecule has 0 saturated carbocycles. The monoisotopic (exact) mass is 356 g/mol. The van der Waals surface area contributed by atoms with Gasteiger partial charge in [0.05, 0.1) is 27.5 Å². The van der Waals surface area contributed by atoms with E-state index in [1.54, 1.807) is 36.4 Å². The molecule has 0 radical (unpaired) electrons. The first-order chi connectivity index (χ1) is 12.0. The smallest absolute Gasteiger partial charge is 0.266 e. The Kier molecular flexibility index (Phi) is 4.86. The second-order valence-electron chi connectivity index (χ2n) is 5.81. The molecule has 2 aromatic carbocycles. The molecule has 1 aliphatic heterocycles. The van der Waals surface area contributed by atoms with Gasteiger partial charge in [-0.2, -0.15) is 0 Å². The van der Waals surface area contributed by atoms with Gasteiger partial charge in [-0.05, 0) is 36.8 Å². The fraction of sp³-hybridized carbons (Fsp3) is 0.211. The molecular formula is C19H17ClN2O3. The van der Waals surface area contributed by atoms with E-state index in [0.717, 1.165) is 17.7 Å². The number of unbranched alkanes of at least 4 members (excludes halogenated alkanes) is 1. The number of fused-ring (bicyclic) bond motifs is 1. The average molecular weight is 357 g/mol. The van der Waals surface area contributed by atoms with Crippen molar-refractivity contribution in [1.82, 2.24) is 0 Å². The van der Waals surface area contributed by atoms with Gasteiger partial charge in [0.2, 0.25) is 5.91 Å². The first kappa shape index (κ1) is 17.2. The maximum Gasteiger partial charge on any atom is 0.266 e. The van der Waals surface area contributed by atoms with Crippen LogP contribution in [0, 0.1) is 0 Å². The van der Waals surface area contributed by atoms with E-state index in [1.807, 2.05) is 6.92 Å². The normalized spacial score (nSPS) is 13.1. The molecule has 0 fully saturated rings. The Bertz CT molecular complexity index is 828. The van der Waals surface area contributed by atoms with Gasteiger partial charge in [0.15, 0.2) is 0 Å². The van der Waals surface area contributed by atoms with Crippen LogP contribution < -0.4 is 10.2 Å². The Labute approximate surface area is 150 Å². The number of imide groups is 1. The highest BCUT2D eigenvalue weighted by atomic mass is 35.5. The number of nitrogens with zero attached hydrogens (tertiary/aromatic N) is 1. The van der Waals surface area contributed by atoms with Gasteiger partial charge in [0, 0.05) is 6.42 Å². The van der Waals surface area contributed by atoms with Gasteiger partial charge < -0.3 is 5.32 Å². The van der Waals surface area contributed by atoms with Gasteiger partial charge in [-0.3, -0.25) is 14.4 Å². The van der Waals surface area contributed by atoms with Crippen molar-refractivity contribution in [2.45, 2.75) is 26.2 Å². The van der Waals surface area contributed by atoms with Crippen LogP contribution in [-0.4, -0.2) is 17.7 Å². The van der Waals surface area contributed by atoms with Crippen LogP contribution >= 0.6 is 11.6 Å². The third-order valence-corrected chi connectivity index (χ3v) is 4.35. The van der Waals surface area contributed by atoms with E-state index in [0.29, 0.717) is 28.9 Å². The molecule has 3 amide bonds. The van der Waals surface area contributed by atoms with E-state index in [1.165, 1.54) is 6.07 Å². The summed E-state index contributed by atoms with van der Waals surface area (Å²) in [4.78, 5) is 37.9. The number of halogens is 1. The molecule has 1 N–H and O–H groups in total. The van der Waals surface area contributed by atoms with Crippen molar-refractivity contribution in [3.8, 4) is 0 Å². The van der Waals surface area contributed by atoms with Crippen molar-refractivity contribution < 1.29 is 14.4 Å². The summed E-state index contributed by atoms with van der Waals surface area (Å²) in [5, 5.41) is 3.02. The summed E-state index contributed by atoms with van der Waals surface area (Å²) in [6.45, 7) is 2.01. The zero-order valence-electron chi connectivity index (χ0n) is 13.7. The van der Waals surface area contributed by atoms with Gasteiger partial charge in [-0.25, -0.2) is 4.90 Å². The Balaban J connectivity index is 1.83. The number of hydrogen-bond acceptors (Lipinski definition) is 3. The van der Waals surface area contributed by atoms with E-state index in [4.69, 9.17) is 11.6 Å². The molecule has 1 heterocycles. The minimum atomic E-state index is -0.378. The molecule has 3 rings (SSSR count). The molecule has 6 heteroatoms. The third kappa shape index (κ3) is 3.28. The molecule has 0 unspecified atom stereocenters. The van der Waals surface area contributed by atoms with Crippen molar-refractivity contribution in [1.29, 1.82) is 0 Å². The molecule has 2 aromatic rings. The van der Waals surface area contributed by atoms with Crippen LogP contribution in [0.2, 0.25) is 5.02 Å². The molecule has 0 aromatic heterocycles. The van der Waals surface area contributed by atoms with Crippen LogP contribution in [0.1, 0.15) is 46.9 Å². The van der Waals surface area contributed by atoms with Gasteiger partial charge >= 0.3 is 0 Å². The lowest BCUT2D eigenvalue weighted by atomic mass is 10.1. The quantitative estimate of drug-likeness (QED) is 0.813. The van der Waals surface area contributed by atoms with Gasteiger partial charge in [-0.15, -0.1) is 0 Å².